The second-order valence-corrected chi connectivity index (χ2v) is 6.23. The Kier molecular flexibility index (Phi) is 4.00. The number of nitrogens with zero attached hydrogens (tertiary/aromatic N) is 5. The molecule has 2 aromatic heterocycles. The summed E-state index contributed by atoms with van der Waals surface area (Å²) < 4.78 is 8.70. The monoisotopic (exact) mass is 385 g/mol. The number of nitro groups is 1. The highest BCUT2D eigenvalue weighted by Crippen LogP contribution is 2.30. The fourth-order valence-electron chi connectivity index (χ4n) is 2.88. The number of halogens is 1. The number of benzene rings is 2. The van der Waals surface area contributed by atoms with Crippen LogP contribution >= 0.6 is 11.6 Å². The highest BCUT2D eigenvalue weighted by atomic mass is 35.5. The Morgan fingerprint density at radius 3 is 2.78 bits per heavy atom. The quantitative estimate of drug-likeness (QED) is 0.395. The van der Waals surface area contributed by atoms with Crippen molar-refractivity contribution in [1.82, 2.24) is 19.2 Å². The number of fused-ring (bicyclic) bond motifs is 3. The van der Waals surface area contributed by atoms with Crippen molar-refractivity contribution in [3.05, 3.63) is 73.8 Å². The van der Waals surface area contributed by atoms with Crippen LogP contribution in [0.2, 0.25) is 5.02 Å². The van der Waals surface area contributed by atoms with Crippen LogP contribution in [0.4, 0.5) is 5.69 Å². The van der Waals surface area contributed by atoms with Crippen LogP contribution in [0.3, 0.4) is 0 Å². The standard InChI is InChI=1S/C17H12ClN5O4/c1-21-16(24)11-4-2-3-5-12(11)22-15(19-20-17(21)22)9-27-14-7-6-10(18)8-13(14)23(25)26/h2-8H,9H2,1H3. The van der Waals surface area contributed by atoms with Crippen LogP contribution in [-0.2, 0) is 13.7 Å². The predicted octanol–water partition coefficient (Wildman–Crippen LogP) is 2.72. The molecule has 0 bridgehead atoms. The van der Waals surface area contributed by atoms with E-state index < -0.39 is 4.92 Å². The van der Waals surface area contributed by atoms with Crippen molar-refractivity contribution in [3.8, 4) is 5.75 Å². The van der Waals surface area contributed by atoms with Crippen molar-refractivity contribution in [2.24, 2.45) is 7.05 Å². The molecule has 0 aliphatic heterocycles. The van der Waals surface area contributed by atoms with E-state index in [0.717, 1.165) is 0 Å². The Morgan fingerprint density at radius 2 is 2.00 bits per heavy atom. The van der Waals surface area contributed by atoms with Crippen LogP contribution in [0.5, 0.6) is 5.75 Å². The van der Waals surface area contributed by atoms with E-state index >= 15 is 0 Å². The summed E-state index contributed by atoms with van der Waals surface area (Å²) in [5.74, 6) is 0.819. The van der Waals surface area contributed by atoms with Crippen molar-refractivity contribution in [3.63, 3.8) is 0 Å². The molecule has 0 atom stereocenters. The number of aryl methyl sites for hydroxylation is 1. The third-order valence-electron chi connectivity index (χ3n) is 4.17. The van der Waals surface area contributed by atoms with Gasteiger partial charge < -0.3 is 4.74 Å². The molecular formula is C17H12ClN5O4. The molecule has 0 saturated carbocycles. The highest BCUT2D eigenvalue weighted by Gasteiger charge is 2.18. The van der Waals surface area contributed by atoms with Gasteiger partial charge in [0.25, 0.3) is 5.56 Å². The van der Waals surface area contributed by atoms with Crippen molar-refractivity contribution in [2.45, 2.75) is 6.61 Å². The third kappa shape index (κ3) is 2.77. The normalized spacial score (nSPS) is 11.2. The van der Waals surface area contributed by atoms with Crippen molar-refractivity contribution >= 4 is 34.0 Å². The first-order valence-electron chi connectivity index (χ1n) is 7.86. The summed E-state index contributed by atoms with van der Waals surface area (Å²) in [6.07, 6.45) is 0. The van der Waals surface area contributed by atoms with Crippen LogP contribution in [-0.4, -0.2) is 24.1 Å². The van der Waals surface area contributed by atoms with Gasteiger partial charge in [0.05, 0.1) is 15.8 Å². The van der Waals surface area contributed by atoms with Crippen LogP contribution in [0.15, 0.2) is 47.3 Å². The molecule has 0 aliphatic carbocycles. The molecule has 0 unspecified atom stereocenters. The summed E-state index contributed by atoms with van der Waals surface area (Å²) in [6.45, 7) is -0.0775. The van der Waals surface area contributed by atoms with Gasteiger partial charge in [-0.1, -0.05) is 23.7 Å². The smallest absolute Gasteiger partial charge is 0.312 e. The Hall–Kier alpha value is -3.46. The molecule has 0 fully saturated rings. The fourth-order valence-corrected chi connectivity index (χ4v) is 3.05. The summed E-state index contributed by atoms with van der Waals surface area (Å²) in [5.41, 5.74) is 0.199. The molecule has 2 aromatic carbocycles. The maximum absolute atomic E-state index is 12.4. The van der Waals surface area contributed by atoms with Gasteiger partial charge in [-0.3, -0.25) is 23.9 Å². The number of nitro benzene ring substituents is 1. The first-order chi connectivity index (χ1) is 13.0. The van der Waals surface area contributed by atoms with Gasteiger partial charge >= 0.3 is 5.69 Å². The van der Waals surface area contributed by atoms with Crippen molar-refractivity contribution in [1.29, 1.82) is 0 Å². The molecule has 0 spiro atoms. The molecule has 4 aromatic rings. The fraction of sp³-hybridized carbons (Fsp3) is 0.118. The molecule has 0 saturated heterocycles. The minimum atomic E-state index is -0.567. The molecule has 136 valence electrons. The minimum absolute atomic E-state index is 0.0651. The van der Waals surface area contributed by atoms with E-state index in [1.54, 1.807) is 35.7 Å². The molecule has 9 nitrogen and oxygen atoms in total. The van der Waals surface area contributed by atoms with E-state index in [4.69, 9.17) is 16.3 Å². The summed E-state index contributed by atoms with van der Waals surface area (Å²) >= 11 is 5.82. The lowest BCUT2D eigenvalue weighted by Crippen LogP contribution is -2.20. The number of aromatic nitrogens is 4. The molecule has 2 heterocycles. The number of para-hydroxylation sites is 1. The van der Waals surface area contributed by atoms with E-state index in [1.165, 1.54) is 22.8 Å². The zero-order valence-electron chi connectivity index (χ0n) is 14.0. The molecule has 0 aliphatic rings. The molecular weight excluding hydrogens is 374 g/mol. The largest absolute Gasteiger partial charge is 0.479 e. The number of hydrogen-bond donors (Lipinski definition) is 0. The van der Waals surface area contributed by atoms with Crippen molar-refractivity contribution in [2.75, 3.05) is 0 Å². The molecule has 0 N–H and O–H groups in total. The zero-order chi connectivity index (χ0) is 19.1. The minimum Gasteiger partial charge on any atom is -0.479 e. The lowest BCUT2D eigenvalue weighted by molar-refractivity contribution is -0.385. The summed E-state index contributed by atoms with van der Waals surface area (Å²) in [6, 6.07) is 11.2. The highest BCUT2D eigenvalue weighted by molar-refractivity contribution is 6.30. The topological polar surface area (TPSA) is 105 Å². The van der Waals surface area contributed by atoms with E-state index in [0.29, 0.717) is 22.5 Å². The number of hydrogen-bond acceptors (Lipinski definition) is 6. The van der Waals surface area contributed by atoms with E-state index in [2.05, 4.69) is 10.2 Å². The Labute approximate surface area is 156 Å². The van der Waals surface area contributed by atoms with Gasteiger partial charge in [-0.25, -0.2) is 0 Å². The average molecular weight is 386 g/mol. The Morgan fingerprint density at radius 1 is 1.22 bits per heavy atom. The second kappa shape index (κ2) is 6.36. The van der Waals surface area contributed by atoms with Crippen LogP contribution in [0.25, 0.3) is 16.7 Å². The van der Waals surface area contributed by atoms with Gasteiger partial charge in [0.2, 0.25) is 5.78 Å². The van der Waals surface area contributed by atoms with Gasteiger partial charge in [0, 0.05) is 18.1 Å². The van der Waals surface area contributed by atoms with Gasteiger partial charge in [-0.05, 0) is 24.3 Å². The third-order valence-corrected chi connectivity index (χ3v) is 4.40. The van der Waals surface area contributed by atoms with E-state index in [9.17, 15) is 14.9 Å². The van der Waals surface area contributed by atoms with E-state index in [1.807, 2.05) is 0 Å². The van der Waals surface area contributed by atoms with Gasteiger partial charge in [-0.2, -0.15) is 0 Å². The Bertz CT molecular complexity index is 1260. The lowest BCUT2D eigenvalue weighted by atomic mass is 10.2. The molecule has 27 heavy (non-hydrogen) atoms. The SMILES string of the molecule is Cn1c(=O)c2ccccc2n2c(COc3ccc(Cl)cc3[N+](=O)[O-])nnc12. The number of rotatable bonds is 4. The van der Waals surface area contributed by atoms with E-state index in [-0.39, 0.29) is 28.6 Å². The second-order valence-electron chi connectivity index (χ2n) is 5.79. The molecule has 0 radical (unpaired) electrons. The molecule has 10 heteroatoms. The predicted molar refractivity (Wildman–Crippen MR) is 98.2 cm³/mol. The first-order valence-corrected chi connectivity index (χ1v) is 8.23. The van der Waals surface area contributed by atoms with Gasteiger partial charge in [0.15, 0.2) is 11.6 Å². The zero-order valence-corrected chi connectivity index (χ0v) is 14.8. The van der Waals surface area contributed by atoms with Crippen molar-refractivity contribution < 1.29 is 9.66 Å². The van der Waals surface area contributed by atoms with Crippen LogP contribution in [0.1, 0.15) is 5.82 Å². The maximum Gasteiger partial charge on any atom is 0.312 e. The van der Waals surface area contributed by atoms with Gasteiger partial charge in [-0.15, -0.1) is 10.2 Å². The average Bonchev–Trinajstić information content (AvgIpc) is 3.09. The first kappa shape index (κ1) is 17.0. The summed E-state index contributed by atoms with van der Waals surface area (Å²) in [5, 5.41) is 20.1. The number of ether oxygens (including phenoxy) is 1. The lowest BCUT2D eigenvalue weighted by Gasteiger charge is -2.09. The molecule has 4 rings (SSSR count). The molecule has 0 amide bonds. The Balaban J connectivity index is 1.81. The van der Waals surface area contributed by atoms with Gasteiger partial charge in [0.1, 0.15) is 6.61 Å². The summed E-state index contributed by atoms with van der Waals surface area (Å²) in [4.78, 5) is 23.1. The van der Waals surface area contributed by atoms with Crippen LogP contribution < -0.4 is 10.3 Å². The summed E-state index contributed by atoms with van der Waals surface area (Å²) in [7, 11) is 1.60. The van der Waals surface area contributed by atoms with Crippen LogP contribution in [0, 0.1) is 10.1 Å². The maximum atomic E-state index is 12.4.